The highest BCUT2D eigenvalue weighted by Crippen LogP contribution is 2.38. The van der Waals surface area contributed by atoms with E-state index in [1.165, 1.54) is 0 Å². The smallest absolute Gasteiger partial charge is 0.354 e. The van der Waals surface area contributed by atoms with E-state index in [0.717, 1.165) is 34.0 Å². The zero-order chi connectivity index (χ0) is 47.8. The molecule has 0 bridgehead atoms. The molecule has 0 aliphatic heterocycles. The van der Waals surface area contributed by atoms with E-state index in [9.17, 15) is 29.4 Å². The van der Waals surface area contributed by atoms with Gasteiger partial charge >= 0.3 is 11.3 Å². The Bertz CT molecular complexity index is 4170. The lowest BCUT2D eigenvalue weighted by atomic mass is 10.1. The van der Waals surface area contributed by atoms with Crippen molar-refractivity contribution in [1.29, 1.82) is 0 Å². The lowest BCUT2D eigenvalue weighted by molar-refractivity contribution is 0.443. The number of H-pyrrole nitrogens is 1. The Labute approximate surface area is 405 Å². The van der Waals surface area contributed by atoms with E-state index in [4.69, 9.17) is 29.9 Å². The van der Waals surface area contributed by atoms with E-state index in [1.54, 1.807) is 57.7 Å². The van der Waals surface area contributed by atoms with Gasteiger partial charge in [-0.2, -0.15) is 0 Å². The number of nitrogens with one attached hydrogen (secondary N) is 1. The molecule has 17 heteroatoms. The van der Waals surface area contributed by atoms with Crippen molar-refractivity contribution < 1.29 is 27.9 Å². The van der Waals surface area contributed by atoms with Gasteiger partial charge in [0.2, 0.25) is 0 Å². The molecule has 6 heterocycles. The summed E-state index contributed by atoms with van der Waals surface area (Å²) in [6, 6.07) is 48.2. The number of oxazole rings is 2. The summed E-state index contributed by atoms with van der Waals surface area (Å²) >= 11 is 8.60. The van der Waals surface area contributed by atoms with Gasteiger partial charge < -0.3 is 42.0 Å². The van der Waals surface area contributed by atoms with Gasteiger partial charge in [-0.1, -0.05) is 109 Å². The molecule has 0 aliphatic carbocycles. The zero-order valence-electron chi connectivity index (χ0n) is 35.6. The molecule has 3 N–H and O–H groups in total. The number of benzene rings is 6. The Morgan fingerprint density at radius 3 is 1.64 bits per heavy atom. The van der Waals surface area contributed by atoms with Crippen molar-refractivity contribution in [2.75, 3.05) is 0 Å². The first kappa shape index (κ1) is 44.6. The second-order valence-electron chi connectivity index (χ2n) is 15.4. The SMILES string of the molecule is O=c1oc2c(c(O)c1Br)c(=O)n(Cc1ccccc1)c1ccccc21.O=c1oc2c(c(O)c1Sc1nc3ccccc3o1)c(=O)n(Cc1ccccc1)c1ccccc21.S=c1[nH]c2ccccc2o1. The van der Waals surface area contributed by atoms with Gasteiger partial charge in [0.15, 0.2) is 33.8 Å². The third kappa shape index (κ3) is 8.65. The summed E-state index contributed by atoms with van der Waals surface area (Å²) in [6.45, 7) is 0.634. The highest BCUT2D eigenvalue weighted by molar-refractivity contribution is 9.10. The molecule has 0 aliphatic rings. The van der Waals surface area contributed by atoms with Gasteiger partial charge in [-0.05, 0) is 99.6 Å². The molecule has 6 aromatic heterocycles. The van der Waals surface area contributed by atoms with Crippen LogP contribution in [0.2, 0.25) is 0 Å². The van der Waals surface area contributed by atoms with Crippen LogP contribution in [0.1, 0.15) is 11.1 Å². The molecule has 0 fully saturated rings. The molecule has 340 valence electrons. The molecule has 0 saturated heterocycles. The highest BCUT2D eigenvalue weighted by Gasteiger charge is 2.24. The molecule has 0 radical (unpaired) electrons. The van der Waals surface area contributed by atoms with Crippen LogP contribution in [0.3, 0.4) is 0 Å². The number of nitrogens with zero attached hydrogens (tertiary/aromatic N) is 3. The quantitative estimate of drug-likeness (QED) is 0.105. The van der Waals surface area contributed by atoms with Gasteiger partial charge in [0, 0.05) is 10.8 Å². The first-order valence-corrected chi connectivity index (χ1v) is 23.0. The Morgan fingerprint density at radius 1 is 0.565 bits per heavy atom. The number of aromatic nitrogens is 4. The normalized spacial score (nSPS) is 11.3. The third-order valence-corrected chi connectivity index (χ3v) is 12.9. The Balaban J connectivity index is 0.000000137. The first-order chi connectivity index (χ1) is 33.5. The predicted octanol–water partition coefficient (Wildman–Crippen LogP) is 11.3. The van der Waals surface area contributed by atoms with Crippen LogP contribution in [0.5, 0.6) is 11.5 Å². The van der Waals surface area contributed by atoms with E-state index in [1.807, 2.05) is 109 Å². The molecule has 14 nitrogen and oxygen atoms in total. The molecule has 6 aromatic carbocycles. The summed E-state index contributed by atoms with van der Waals surface area (Å²) in [5.41, 5.74) is 3.80. The molecule has 69 heavy (non-hydrogen) atoms. The number of rotatable bonds is 6. The van der Waals surface area contributed by atoms with Crippen LogP contribution < -0.4 is 22.4 Å². The number of aromatic hydroxyl groups is 2. The topological polar surface area (TPSA) is 200 Å². The maximum atomic E-state index is 13.6. The Morgan fingerprint density at radius 2 is 1.06 bits per heavy atom. The summed E-state index contributed by atoms with van der Waals surface area (Å²) in [6.07, 6.45) is 0. The van der Waals surface area contributed by atoms with Crippen LogP contribution in [0, 0.1) is 4.84 Å². The summed E-state index contributed by atoms with van der Waals surface area (Å²) in [4.78, 5) is 59.0. The summed E-state index contributed by atoms with van der Waals surface area (Å²) in [7, 11) is 0. The van der Waals surface area contributed by atoms with E-state index in [-0.39, 0.29) is 36.5 Å². The van der Waals surface area contributed by atoms with Crippen LogP contribution >= 0.6 is 39.9 Å². The van der Waals surface area contributed by atoms with E-state index < -0.39 is 33.9 Å². The molecule has 12 aromatic rings. The number of fused-ring (bicyclic) bond motifs is 8. The fraction of sp³-hybridized carbons (Fsp3) is 0.0385. The van der Waals surface area contributed by atoms with Crippen LogP contribution in [-0.2, 0) is 13.1 Å². The summed E-state index contributed by atoms with van der Waals surface area (Å²) in [5, 5.41) is 22.7. The number of halogens is 1. The minimum Gasteiger partial charge on any atom is -0.506 e. The van der Waals surface area contributed by atoms with Gasteiger partial charge in [-0.15, -0.1) is 0 Å². The monoisotopic (exact) mass is 1020 g/mol. The van der Waals surface area contributed by atoms with Gasteiger partial charge in [-0.25, -0.2) is 14.6 Å². The van der Waals surface area contributed by atoms with E-state index >= 15 is 0 Å². The third-order valence-electron chi connectivity index (χ3n) is 11.1. The van der Waals surface area contributed by atoms with Crippen molar-refractivity contribution in [2.45, 2.75) is 23.2 Å². The standard InChI is InChI=1S/C26H16N2O5S.C19H12BrNO4.C7H5NOS/c29-21-20-22(33-25(31)23(21)34-26-27-17-11-5-7-13-19(17)32-26)16-10-4-6-12-18(16)28(24(20)30)14-15-8-2-1-3-9-15;20-15-16(22)14-17(25-19(15)24)12-8-4-5-9-13(12)21(18(14)23)10-11-6-2-1-3-7-11;10-7-8-5-3-1-2-4-6(5)9-7/h1-13,29H,14H2;1-9,22H,10H2;1-4H,(H,8,10). The number of aromatic amines is 1. The summed E-state index contributed by atoms with van der Waals surface area (Å²) in [5.74, 6) is -0.847. The number of hydrogen-bond donors (Lipinski definition) is 3. The van der Waals surface area contributed by atoms with E-state index in [2.05, 4.69) is 25.9 Å². The van der Waals surface area contributed by atoms with Crippen LogP contribution in [-0.4, -0.2) is 29.3 Å². The zero-order valence-corrected chi connectivity index (χ0v) is 38.8. The number of pyridine rings is 2. The minimum atomic E-state index is -0.775. The van der Waals surface area contributed by atoms with Crippen molar-refractivity contribution >= 4 is 106 Å². The molecular weight excluding hydrogens is 985 g/mol. The second kappa shape index (κ2) is 18.8. The lowest BCUT2D eigenvalue weighted by Crippen LogP contribution is -2.22. The van der Waals surface area contributed by atoms with Crippen molar-refractivity contribution in [1.82, 2.24) is 19.1 Å². The Hall–Kier alpha value is -8.25. The average molecular weight is 1020 g/mol. The molecule has 0 saturated carbocycles. The van der Waals surface area contributed by atoms with Gasteiger partial charge in [0.05, 0.1) is 29.6 Å². The lowest BCUT2D eigenvalue weighted by Gasteiger charge is -2.14. The fourth-order valence-corrected chi connectivity index (χ4v) is 9.14. The van der Waals surface area contributed by atoms with E-state index in [0.29, 0.717) is 50.8 Å². The number of para-hydroxylation sites is 6. The largest absolute Gasteiger partial charge is 0.506 e. The van der Waals surface area contributed by atoms with Gasteiger partial charge in [0.1, 0.15) is 25.7 Å². The molecule has 0 unspecified atom stereocenters. The predicted molar refractivity (Wildman–Crippen MR) is 270 cm³/mol. The molecule has 0 atom stereocenters. The van der Waals surface area contributed by atoms with Gasteiger partial charge in [-0.3, -0.25) is 9.59 Å². The van der Waals surface area contributed by atoms with Crippen molar-refractivity contribution in [3.05, 3.63) is 220 Å². The first-order valence-electron chi connectivity index (χ1n) is 21.0. The average Bonchev–Trinajstić information content (AvgIpc) is 3.97. The van der Waals surface area contributed by atoms with Crippen LogP contribution in [0.25, 0.3) is 65.9 Å². The Kier molecular flexibility index (Phi) is 12.1. The maximum absolute atomic E-state index is 13.6. The van der Waals surface area contributed by atoms with Crippen LogP contribution in [0.4, 0.5) is 0 Å². The minimum absolute atomic E-state index is 0.0129. The highest BCUT2D eigenvalue weighted by atomic mass is 79.9. The molecule has 12 rings (SSSR count). The fourth-order valence-electron chi connectivity index (χ4n) is 7.89. The van der Waals surface area contributed by atoms with Gasteiger partial charge in [0.25, 0.3) is 21.2 Å². The molecule has 0 amide bonds. The summed E-state index contributed by atoms with van der Waals surface area (Å²) < 4.78 is 24.7. The van der Waals surface area contributed by atoms with Crippen molar-refractivity contribution in [2.24, 2.45) is 0 Å². The molecule has 0 spiro atoms. The van der Waals surface area contributed by atoms with Crippen molar-refractivity contribution in [3.63, 3.8) is 0 Å². The number of hydrogen-bond acceptors (Lipinski definition) is 13. The second-order valence-corrected chi connectivity index (χ2v) is 17.5. The molecular formula is C52H33BrN4O10S2. The van der Waals surface area contributed by atoms with Crippen LogP contribution in [0.15, 0.2) is 209 Å². The van der Waals surface area contributed by atoms with Crippen molar-refractivity contribution in [3.8, 4) is 11.5 Å². The maximum Gasteiger partial charge on any atom is 0.354 e.